The van der Waals surface area contributed by atoms with Gasteiger partial charge in [0, 0.05) is 0 Å². The molecule has 0 aliphatic rings. The zero-order chi connectivity index (χ0) is 12.3. The number of nitrogens with zero attached hydrogens (tertiary/aromatic N) is 3. The minimum Gasteiger partial charge on any atom is -0.258 e. The van der Waals surface area contributed by atoms with Gasteiger partial charge in [0.05, 0.1) is 29.2 Å². The lowest BCUT2D eigenvalue weighted by Crippen LogP contribution is -2.05. The molecule has 0 atom stereocenters. The molecule has 1 rings (SSSR count). The van der Waals surface area contributed by atoms with Crippen LogP contribution in [0.2, 0.25) is 0 Å². The van der Waals surface area contributed by atoms with E-state index >= 15 is 0 Å². The molecular weight excluding hydrogens is 227 g/mol. The van der Waals surface area contributed by atoms with Crippen LogP contribution in [0.1, 0.15) is 17.7 Å². The van der Waals surface area contributed by atoms with Crippen molar-refractivity contribution in [3.63, 3.8) is 0 Å². The van der Waals surface area contributed by atoms with Crippen molar-refractivity contribution in [3.05, 3.63) is 33.4 Å². The van der Waals surface area contributed by atoms with Crippen molar-refractivity contribution in [1.82, 2.24) is 4.98 Å². The highest BCUT2D eigenvalue weighted by Gasteiger charge is 2.27. The third-order valence-electron chi connectivity index (χ3n) is 1.75. The number of pyridine rings is 1. The predicted molar refractivity (Wildman–Crippen MR) is 45.1 cm³/mol. The lowest BCUT2D eigenvalue weighted by molar-refractivity contribution is -0.386. The molecule has 0 spiro atoms. The van der Waals surface area contributed by atoms with E-state index < -0.39 is 40.7 Å². The van der Waals surface area contributed by atoms with Crippen molar-refractivity contribution in [2.45, 2.75) is 12.8 Å². The van der Waals surface area contributed by atoms with Crippen LogP contribution in [0, 0.1) is 27.4 Å². The fraction of sp³-hybridized carbons (Fsp3) is 0.250. The molecule has 1 aromatic heterocycles. The van der Waals surface area contributed by atoms with Gasteiger partial charge in [-0.15, -0.1) is 0 Å². The number of alkyl halides is 2. The number of rotatable bonds is 3. The summed E-state index contributed by atoms with van der Waals surface area (Å²) in [4.78, 5) is 12.4. The van der Waals surface area contributed by atoms with E-state index in [-0.39, 0.29) is 0 Å². The van der Waals surface area contributed by atoms with E-state index in [2.05, 4.69) is 4.98 Å². The van der Waals surface area contributed by atoms with Crippen molar-refractivity contribution in [2.75, 3.05) is 0 Å². The third kappa shape index (κ3) is 2.25. The molecule has 0 aliphatic heterocycles. The summed E-state index contributed by atoms with van der Waals surface area (Å²) in [6.07, 6.45) is -3.80. The first-order valence-corrected chi connectivity index (χ1v) is 3.96. The van der Waals surface area contributed by atoms with Gasteiger partial charge in [0.15, 0.2) is 0 Å². The molecule has 0 amide bonds. The number of halogens is 3. The second-order valence-corrected chi connectivity index (χ2v) is 2.72. The van der Waals surface area contributed by atoms with E-state index in [1.54, 1.807) is 0 Å². The van der Waals surface area contributed by atoms with Crippen LogP contribution >= 0.6 is 0 Å². The largest absolute Gasteiger partial charge is 0.284 e. The fourth-order valence-corrected chi connectivity index (χ4v) is 1.16. The molecule has 0 saturated carbocycles. The first-order valence-electron chi connectivity index (χ1n) is 3.96. The van der Waals surface area contributed by atoms with Crippen LogP contribution in [0.15, 0.2) is 6.07 Å². The zero-order valence-electron chi connectivity index (χ0n) is 7.65. The minimum atomic E-state index is -3.18. The molecule has 1 heterocycles. The van der Waals surface area contributed by atoms with E-state index in [4.69, 9.17) is 5.26 Å². The summed E-state index contributed by atoms with van der Waals surface area (Å²) < 4.78 is 37.8. The Labute approximate surface area is 87.3 Å². The molecule has 0 radical (unpaired) electrons. The molecule has 0 unspecified atom stereocenters. The van der Waals surface area contributed by atoms with E-state index in [1.165, 1.54) is 6.07 Å². The van der Waals surface area contributed by atoms with Crippen molar-refractivity contribution in [1.29, 1.82) is 5.26 Å². The zero-order valence-corrected chi connectivity index (χ0v) is 7.65. The summed E-state index contributed by atoms with van der Waals surface area (Å²) in [5.41, 5.74) is -2.68. The Morgan fingerprint density at radius 3 is 2.69 bits per heavy atom. The van der Waals surface area contributed by atoms with Gasteiger partial charge in [-0.3, -0.25) is 10.1 Å². The summed E-state index contributed by atoms with van der Waals surface area (Å²) in [5.74, 6) is -1.26. The molecule has 0 saturated heterocycles. The highest BCUT2D eigenvalue weighted by Crippen LogP contribution is 2.31. The summed E-state index contributed by atoms with van der Waals surface area (Å²) in [7, 11) is 0. The average molecular weight is 231 g/mol. The van der Waals surface area contributed by atoms with E-state index in [0.29, 0.717) is 6.07 Å². The van der Waals surface area contributed by atoms with Crippen LogP contribution in [-0.4, -0.2) is 9.91 Å². The van der Waals surface area contributed by atoms with Crippen molar-refractivity contribution < 1.29 is 18.1 Å². The van der Waals surface area contributed by atoms with Gasteiger partial charge in [-0.2, -0.15) is 9.65 Å². The normalized spacial score (nSPS) is 10.2. The molecule has 84 valence electrons. The maximum atomic E-state index is 12.8. The van der Waals surface area contributed by atoms with Crippen LogP contribution in [0.25, 0.3) is 0 Å². The van der Waals surface area contributed by atoms with Crippen LogP contribution in [0.5, 0.6) is 0 Å². The maximum Gasteiger partial charge on any atom is 0.284 e. The van der Waals surface area contributed by atoms with Gasteiger partial charge >= 0.3 is 0 Å². The Morgan fingerprint density at radius 2 is 2.25 bits per heavy atom. The number of hydrogen-bond acceptors (Lipinski definition) is 4. The van der Waals surface area contributed by atoms with Gasteiger partial charge in [0.1, 0.15) is 5.56 Å². The Bertz CT molecular complexity index is 470. The van der Waals surface area contributed by atoms with Gasteiger partial charge in [-0.05, 0) is 0 Å². The molecular formula is C8H4F3N3O2. The van der Waals surface area contributed by atoms with E-state index in [1.807, 2.05) is 0 Å². The number of aromatic nitrogens is 1. The van der Waals surface area contributed by atoms with Crippen molar-refractivity contribution in [3.8, 4) is 6.07 Å². The topological polar surface area (TPSA) is 79.8 Å². The molecule has 16 heavy (non-hydrogen) atoms. The molecule has 0 N–H and O–H groups in total. The molecule has 0 aliphatic carbocycles. The van der Waals surface area contributed by atoms with Gasteiger partial charge in [0.25, 0.3) is 12.1 Å². The number of hydrogen-bond donors (Lipinski definition) is 0. The number of nitriles is 1. The fourth-order valence-electron chi connectivity index (χ4n) is 1.16. The van der Waals surface area contributed by atoms with Gasteiger partial charge in [0.2, 0.25) is 5.95 Å². The van der Waals surface area contributed by atoms with Gasteiger partial charge in [-0.1, -0.05) is 0 Å². The SMILES string of the molecule is N#CCc1nc(F)cc([N+](=O)[O-])c1C(F)F. The first kappa shape index (κ1) is 11.9. The predicted octanol–water partition coefficient (Wildman–Crippen LogP) is 2.13. The Kier molecular flexibility index (Phi) is 3.40. The lowest BCUT2D eigenvalue weighted by Gasteiger charge is -2.05. The summed E-state index contributed by atoms with van der Waals surface area (Å²) in [5, 5.41) is 18.7. The van der Waals surface area contributed by atoms with Crippen molar-refractivity contribution in [2.24, 2.45) is 0 Å². The molecule has 0 bridgehead atoms. The standard InChI is InChI=1S/C8H4F3N3O2/c9-6-3-5(14(15)16)7(8(10)11)4(13-6)1-2-12/h3,8H,1H2. The summed E-state index contributed by atoms with van der Waals surface area (Å²) >= 11 is 0. The molecule has 0 aromatic carbocycles. The van der Waals surface area contributed by atoms with Crippen LogP contribution < -0.4 is 0 Å². The van der Waals surface area contributed by atoms with Crippen LogP contribution in [-0.2, 0) is 6.42 Å². The van der Waals surface area contributed by atoms with Crippen LogP contribution in [0.4, 0.5) is 18.9 Å². The second kappa shape index (κ2) is 4.57. The molecule has 8 heteroatoms. The highest BCUT2D eigenvalue weighted by atomic mass is 19.3. The molecule has 0 fully saturated rings. The van der Waals surface area contributed by atoms with Gasteiger partial charge < -0.3 is 0 Å². The highest BCUT2D eigenvalue weighted by molar-refractivity contribution is 5.44. The van der Waals surface area contributed by atoms with E-state index in [9.17, 15) is 23.3 Å². The Morgan fingerprint density at radius 1 is 1.62 bits per heavy atom. The Balaban J connectivity index is 3.48. The summed E-state index contributed by atoms with van der Waals surface area (Å²) in [6, 6.07) is 1.80. The smallest absolute Gasteiger partial charge is 0.258 e. The molecule has 1 aromatic rings. The quantitative estimate of drug-likeness (QED) is 0.453. The second-order valence-electron chi connectivity index (χ2n) is 2.72. The Hall–Kier alpha value is -2.17. The minimum absolute atomic E-state index is 0.308. The maximum absolute atomic E-state index is 12.8. The number of nitro groups is 1. The first-order chi connectivity index (χ1) is 7.47. The average Bonchev–Trinajstić information content (AvgIpc) is 2.16. The van der Waals surface area contributed by atoms with Crippen molar-refractivity contribution >= 4 is 5.69 Å². The van der Waals surface area contributed by atoms with E-state index in [0.717, 1.165) is 0 Å². The third-order valence-corrected chi connectivity index (χ3v) is 1.75. The lowest BCUT2D eigenvalue weighted by atomic mass is 10.1. The molecule has 5 nitrogen and oxygen atoms in total. The summed E-state index contributed by atoms with van der Waals surface area (Å²) in [6.45, 7) is 0. The van der Waals surface area contributed by atoms with Crippen LogP contribution in [0.3, 0.4) is 0 Å². The monoisotopic (exact) mass is 231 g/mol. The van der Waals surface area contributed by atoms with Gasteiger partial charge in [-0.25, -0.2) is 13.8 Å².